The molecule has 0 saturated heterocycles. The van der Waals surface area contributed by atoms with Crippen LogP contribution in [0.5, 0.6) is 0 Å². The van der Waals surface area contributed by atoms with Crippen LogP contribution in [0.2, 0.25) is 0 Å². The van der Waals surface area contributed by atoms with Crippen molar-refractivity contribution in [2.45, 2.75) is 26.3 Å². The molecule has 0 saturated carbocycles. The lowest BCUT2D eigenvalue weighted by molar-refractivity contribution is 0.621. The summed E-state index contributed by atoms with van der Waals surface area (Å²) >= 11 is 0. The molecule has 1 rings (SSSR count). The zero-order valence-corrected chi connectivity index (χ0v) is 8.70. The number of hydrogen-bond donors (Lipinski definition) is 1. The first-order valence-corrected chi connectivity index (χ1v) is 4.16. The molecule has 3 heteroatoms. The molecule has 0 spiro atoms. The van der Waals surface area contributed by atoms with Crippen LogP contribution in [0.25, 0.3) is 0 Å². The van der Waals surface area contributed by atoms with Crippen LogP contribution >= 0.6 is 12.4 Å². The highest BCUT2D eigenvalue weighted by Crippen LogP contribution is 2.18. The molecule has 0 aliphatic carbocycles. The van der Waals surface area contributed by atoms with Gasteiger partial charge in [0, 0.05) is 6.04 Å². The van der Waals surface area contributed by atoms with Gasteiger partial charge in [-0.05, 0) is 36.6 Å². The van der Waals surface area contributed by atoms with Crippen LogP contribution < -0.4 is 5.73 Å². The van der Waals surface area contributed by atoms with Crippen molar-refractivity contribution >= 4 is 12.4 Å². The zero-order valence-electron chi connectivity index (χ0n) is 7.88. The molecule has 0 bridgehead atoms. The third kappa shape index (κ3) is 2.98. The lowest BCUT2D eigenvalue weighted by atomic mass is 10.0. The Hall–Kier alpha value is -0.600. The second-order valence-electron chi connectivity index (χ2n) is 3.02. The van der Waals surface area contributed by atoms with Gasteiger partial charge in [0.1, 0.15) is 5.82 Å². The Labute approximate surface area is 84.5 Å². The predicted octanol–water partition coefficient (Wildman–Crippen LogP) is 2.97. The summed E-state index contributed by atoms with van der Waals surface area (Å²) in [5.74, 6) is -0.195. The van der Waals surface area contributed by atoms with Gasteiger partial charge in [-0.25, -0.2) is 4.39 Å². The van der Waals surface area contributed by atoms with Crippen molar-refractivity contribution in [2.75, 3.05) is 0 Å². The molecule has 2 N–H and O–H groups in total. The summed E-state index contributed by atoms with van der Waals surface area (Å²) in [5.41, 5.74) is 7.80. The van der Waals surface area contributed by atoms with Gasteiger partial charge in [-0.15, -0.1) is 12.4 Å². The number of halogens is 2. The van der Waals surface area contributed by atoms with E-state index >= 15 is 0 Å². The minimum Gasteiger partial charge on any atom is -0.324 e. The molecule has 1 aromatic carbocycles. The summed E-state index contributed by atoms with van der Waals surface area (Å²) in [4.78, 5) is 0. The fourth-order valence-corrected chi connectivity index (χ4v) is 1.28. The first kappa shape index (κ1) is 12.4. The summed E-state index contributed by atoms with van der Waals surface area (Å²) in [5, 5.41) is 0. The molecular weight excluding hydrogens is 189 g/mol. The van der Waals surface area contributed by atoms with E-state index in [-0.39, 0.29) is 24.3 Å². The number of hydrogen-bond acceptors (Lipinski definition) is 1. The Morgan fingerprint density at radius 1 is 1.46 bits per heavy atom. The highest BCUT2D eigenvalue weighted by atomic mass is 35.5. The summed E-state index contributed by atoms with van der Waals surface area (Å²) in [6, 6.07) is 4.77. The zero-order chi connectivity index (χ0) is 9.14. The Morgan fingerprint density at radius 3 is 2.54 bits per heavy atom. The average molecular weight is 204 g/mol. The van der Waals surface area contributed by atoms with Crippen molar-refractivity contribution in [1.29, 1.82) is 0 Å². The minimum absolute atomic E-state index is 0. The molecule has 0 aliphatic rings. The van der Waals surface area contributed by atoms with Crippen molar-refractivity contribution in [1.82, 2.24) is 0 Å². The van der Waals surface area contributed by atoms with E-state index in [0.29, 0.717) is 0 Å². The van der Waals surface area contributed by atoms with Gasteiger partial charge in [-0.3, -0.25) is 0 Å². The Kier molecular flexibility index (Phi) is 4.96. The van der Waals surface area contributed by atoms with Crippen molar-refractivity contribution in [3.63, 3.8) is 0 Å². The van der Waals surface area contributed by atoms with Crippen molar-refractivity contribution in [3.05, 3.63) is 35.1 Å². The van der Waals surface area contributed by atoms with Crippen LogP contribution in [0.1, 0.15) is 30.5 Å². The summed E-state index contributed by atoms with van der Waals surface area (Å²) in [7, 11) is 0. The third-order valence-corrected chi connectivity index (χ3v) is 2.07. The van der Waals surface area contributed by atoms with Gasteiger partial charge in [0.15, 0.2) is 0 Å². The fourth-order valence-electron chi connectivity index (χ4n) is 1.28. The van der Waals surface area contributed by atoms with Crippen LogP contribution in [-0.4, -0.2) is 0 Å². The molecule has 1 aromatic rings. The molecular formula is C10H15ClFN. The highest BCUT2D eigenvalue weighted by molar-refractivity contribution is 5.85. The lowest BCUT2D eigenvalue weighted by Gasteiger charge is -2.11. The van der Waals surface area contributed by atoms with Crippen molar-refractivity contribution in [3.8, 4) is 0 Å². The molecule has 0 heterocycles. The summed E-state index contributed by atoms with van der Waals surface area (Å²) < 4.78 is 12.7. The Balaban J connectivity index is 0.00000144. The van der Waals surface area contributed by atoms with Crippen LogP contribution in [0, 0.1) is 12.7 Å². The van der Waals surface area contributed by atoms with E-state index in [9.17, 15) is 4.39 Å². The first-order chi connectivity index (χ1) is 5.65. The molecule has 0 amide bonds. The summed E-state index contributed by atoms with van der Waals surface area (Å²) in [6.45, 7) is 3.90. The molecule has 1 atom stereocenters. The topological polar surface area (TPSA) is 26.0 Å². The lowest BCUT2D eigenvalue weighted by Crippen LogP contribution is -2.10. The molecule has 1 unspecified atom stereocenters. The van der Waals surface area contributed by atoms with Crippen molar-refractivity contribution in [2.24, 2.45) is 5.73 Å². The molecule has 74 valence electrons. The van der Waals surface area contributed by atoms with Gasteiger partial charge in [0.25, 0.3) is 0 Å². The van der Waals surface area contributed by atoms with E-state index in [4.69, 9.17) is 5.73 Å². The average Bonchev–Trinajstić information content (AvgIpc) is 2.03. The van der Waals surface area contributed by atoms with Gasteiger partial charge in [0.2, 0.25) is 0 Å². The number of nitrogens with two attached hydrogens (primary N) is 1. The fraction of sp³-hybridized carbons (Fsp3) is 0.400. The van der Waals surface area contributed by atoms with Crippen LogP contribution in [0.4, 0.5) is 4.39 Å². The van der Waals surface area contributed by atoms with Gasteiger partial charge < -0.3 is 5.73 Å². The van der Waals surface area contributed by atoms with Gasteiger partial charge in [-0.1, -0.05) is 13.0 Å². The van der Waals surface area contributed by atoms with E-state index in [0.717, 1.165) is 17.5 Å². The standard InChI is InChI=1S/C10H14FN.ClH/c1-3-10(12)9-5-4-8(11)6-7(9)2;/h4-6,10H,3,12H2,1-2H3;1H. The second kappa shape index (κ2) is 5.20. The molecule has 13 heavy (non-hydrogen) atoms. The maximum atomic E-state index is 12.7. The molecule has 0 aromatic heterocycles. The monoisotopic (exact) mass is 203 g/mol. The second-order valence-corrected chi connectivity index (χ2v) is 3.02. The van der Waals surface area contributed by atoms with Crippen LogP contribution in [0.15, 0.2) is 18.2 Å². The van der Waals surface area contributed by atoms with Gasteiger partial charge in [-0.2, -0.15) is 0 Å². The number of rotatable bonds is 2. The minimum atomic E-state index is -0.195. The third-order valence-electron chi connectivity index (χ3n) is 2.07. The van der Waals surface area contributed by atoms with Crippen LogP contribution in [0.3, 0.4) is 0 Å². The van der Waals surface area contributed by atoms with E-state index in [1.54, 1.807) is 6.07 Å². The van der Waals surface area contributed by atoms with E-state index in [1.807, 2.05) is 13.8 Å². The van der Waals surface area contributed by atoms with Crippen molar-refractivity contribution < 1.29 is 4.39 Å². The first-order valence-electron chi connectivity index (χ1n) is 4.16. The number of benzene rings is 1. The quantitative estimate of drug-likeness (QED) is 0.786. The van der Waals surface area contributed by atoms with E-state index < -0.39 is 0 Å². The van der Waals surface area contributed by atoms with Gasteiger partial charge >= 0.3 is 0 Å². The molecule has 0 aliphatic heterocycles. The number of aryl methyl sites for hydroxylation is 1. The Morgan fingerprint density at radius 2 is 2.08 bits per heavy atom. The maximum Gasteiger partial charge on any atom is 0.123 e. The molecule has 0 radical (unpaired) electrons. The van der Waals surface area contributed by atoms with E-state index in [1.165, 1.54) is 12.1 Å². The smallest absolute Gasteiger partial charge is 0.123 e. The largest absolute Gasteiger partial charge is 0.324 e. The molecule has 1 nitrogen and oxygen atoms in total. The highest BCUT2D eigenvalue weighted by Gasteiger charge is 2.06. The van der Waals surface area contributed by atoms with Crippen LogP contribution in [-0.2, 0) is 0 Å². The maximum absolute atomic E-state index is 12.7. The van der Waals surface area contributed by atoms with E-state index in [2.05, 4.69) is 0 Å². The normalized spacial score (nSPS) is 12.0. The SMILES string of the molecule is CCC(N)c1ccc(F)cc1C.Cl. The predicted molar refractivity (Wildman–Crippen MR) is 55.6 cm³/mol. The molecule has 0 fully saturated rings. The Bertz CT molecular complexity index is 276. The van der Waals surface area contributed by atoms with Gasteiger partial charge in [0.05, 0.1) is 0 Å². The summed E-state index contributed by atoms with van der Waals surface area (Å²) in [6.07, 6.45) is 0.881.